The molecule has 0 aromatic heterocycles. The Morgan fingerprint density at radius 2 is 2.08 bits per heavy atom. The number of esters is 1. The number of hydroxylamine groups is 1. The van der Waals surface area contributed by atoms with Crippen LogP contribution in [0.25, 0.3) is 0 Å². The maximum Gasteiger partial charge on any atom is 0.330 e. The van der Waals surface area contributed by atoms with Crippen molar-refractivity contribution in [1.29, 1.82) is 0 Å². The number of nitrogens with one attached hydrogen (secondary N) is 1. The Labute approximate surface area is 76.1 Å². The molecular weight excluding hydrogens is 170 g/mol. The lowest BCUT2D eigenvalue weighted by Gasteiger charge is -2.08. The first-order valence-electron chi connectivity index (χ1n) is 3.90. The Kier molecular flexibility index (Phi) is 3.42. The van der Waals surface area contributed by atoms with Crippen LogP contribution in [0.5, 0.6) is 5.75 Å². The Balaban J connectivity index is 2.55. The fraction of sp³-hybridized carbons (Fsp3) is 0.222. The third-order valence-electron chi connectivity index (χ3n) is 1.51. The van der Waals surface area contributed by atoms with Crippen molar-refractivity contribution in [2.75, 3.05) is 0 Å². The molecule has 0 fully saturated rings. The van der Waals surface area contributed by atoms with Crippen LogP contribution in [0, 0.1) is 0 Å². The Morgan fingerprint density at radius 1 is 1.46 bits per heavy atom. The molecule has 4 heteroatoms. The van der Waals surface area contributed by atoms with E-state index in [1.165, 1.54) is 6.92 Å². The van der Waals surface area contributed by atoms with Crippen LogP contribution >= 0.6 is 0 Å². The number of hydrogen-bond acceptors (Lipinski definition) is 4. The van der Waals surface area contributed by atoms with E-state index in [4.69, 9.17) is 9.94 Å². The van der Waals surface area contributed by atoms with E-state index in [0.29, 0.717) is 5.75 Å². The number of benzene rings is 1. The van der Waals surface area contributed by atoms with Crippen molar-refractivity contribution >= 4 is 5.97 Å². The molecule has 1 aromatic carbocycles. The second-order valence-corrected chi connectivity index (χ2v) is 2.58. The first-order valence-corrected chi connectivity index (χ1v) is 3.90. The molecule has 0 heterocycles. The topological polar surface area (TPSA) is 58.6 Å². The number of carbonyl (C=O) groups is 1. The van der Waals surface area contributed by atoms with Gasteiger partial charge in [0.15, 0.2) is 0 Å². The number of hydrogen-bond donors (Lipinski definition) is 2. The molecule has 0 amide bonds. The summed E-state index contributed by atoms with van der Waals surface area (Å²) in [6.07, 6.45) is 0. The normalized spacial score (nSPS) is 12.2. The van der Waals surface area contributed by atoms with E-state index in [9.17, 15) is 4.79 Å². The van der Waals surface area contributed by atoms with Crippen LogP contribution in [0.3, 0.4) is 0 Å². The first kappa shape index (κ1) is 9.70. The average molecular weight is 181 g/mol. The van der Waals surface area contributed by atoms with Crippen LogP contribution in [0.15, 0.2) is 30.3 Å². The third kappa shape index (κ3) is 2.85. The minimum Gasteiger partial charge on any atom is -0.425 e. The second-order valence-electron chi connectivity index (χ2n) is 2.58. The standard InChI is InChI=1S/C9H11NO3/c1-7(10-12)9(11)13-8-5-3-2-4-6-8/h2-7,10,12H,1H3. The Hall–Kier alpha value is -1.39. The van der Waals surface area contributed by atoms with Gasteiger partial charge in [-0.15, -0.1) is 0 Å². The van der Waals surface area contributed by atoms with Gasteiger partial charge in [0.2, 0.25) is 0 Å². The zero-order valence-electron chi connectivity index (χ0n) is 7.23. The Bertz CT molecular complexity index is 273. The van der Waals surface area contributed by atoms with Crippen molar-refractivity contribution < 1.29 is 14.7 Å². The highest BCUT2D eigenvalue weighted by Gasteiger charge is 2.13. The van der Waals surface area contributed by atoms with Gasteiger partial charge in [-0.05, 0) is 19.1 Å². The molecule has 1 rings (SSSR count). The molecular formula is C9H11NO3. The molecule has 13 heavy (non-hydrogen) atoms. The fourth-order valence-electron chi connectivity index (χ4n) is 0.746. The van der Waals surface area contributed by atoms with Crippen LogP contribution in [-0.4, -0.2) is 17.2 Å². The first-order chi connectivity index (χ1) is 6.24. The lowest BCUT2D eigenvalue weighted by atomic mass is 10.3. The SMILES string of the molecule is CC(NO)C(=O)Oc1ccccc1. The minimum atomic E-state index is -0.722. The zero-order chi connectivity index (χ0) is 9.68. The van der Waals surface area contributed by atoms with Gasteiger partial charge in [0.1, 0.15) is 11.8 Å². The van der Waals surface area contributed by atoms with Crippen LogP contribution in [-0.2, 0) is 4.79 Å². The van der Waals surface area contributed by atoms with Gasteiger partial charge >= 0.3 is 5.97 Å². The average Bonchev–Trinajstić information content (AvgIpc) is 2.18. The predicted molar refractivity (Wildman–Crippen MR) is 46.5 cm³/mol. The molecule has 70 valence electrons. The number of rotatable bonds is 3. The molecule has 1 aromatic rings. The summed E-state index contributed by atoms with van der Waals surface area (Å²) in [5.74, 6) is -0.0525. The van der Waals surface area contributed by atoms with Gasteiger partial charge in [-0.25, -0.2) is 4.79 Å². The van der Waals surface area contributed by atoms with Gasteiger partial charge < -0.3 is 9.94 Å². The quantitative estimate of drug-likeness (QED) is 0.414. The smallest absolute Gasteiger partial charge is 0.330 e. The third-order valence-corrected chi connectivity index (χ3v) is 1.51. The molecule has 0 bridgehead atoms. The van der Waals surface area contributed by atoms with E-state index < -0.39 is 12.0 Å². The van der Waals surface area contributed by atoms with Crippen molar-refractivity contribution in [1.82, 2.24) is 5.48 Å². The molecule has 0 saturated carbocycles. The van der Waals surface area contributed by atoms with Crippen LogP contribution in [0.1, 0.15) is 6.92 Å². The highest BCUT2D eigenvalue weighted by atomic mass is 16.5. The number of carbonyl (C=O) groups excluding carboxylic acids is 1. The molecule has 4 nitrogen and oxygen atoms in total. The summed E-state index contributed by atoms with van der Waals surface area (Å²) in [5, 5.41) is 8.43. The predicted octanol–water partition coefficient (Wildman–Crippen LogP) is 0.959. The maximum atomic E-state index is 11.1. The molecule has 0 saturated heterocycles. The van der Waals surface area contributed by atoms with Gasteiger partial charge in [0.05, 0.1) is 0 Å². The summed E-state index contributed by atoms with van der Waals surface area (Å²) < 4.78 is 4.91. The van der Waals surface area contributed by atoms with Gasteiger partial charge in [0, 0.05) is 0 Å². The molecule has 0 aliphatic carbocycles. The van der Waals surface area contributed by atoms with E-state index >= 15 is 0 Å². The molecule has 0 radical (unpaired) electrons. The van der Waals surface area contributed by atoms with E-state index in [0.717, 1.165) is 0 Å². The zero-order valence-corrected chi connectivity index (χ0v) is 7.23. The summed E-state index contributed by atoms with van der Waals surface area (Å²) in [6, 6.07) is 7.97. The van der Waals surface area contributed by atoms with Gasteiger partial charge in [-0.3, -0.25) is 0 Å². The summed E-state index contributed by atoms with van der Waals surface area (Å²) in [4.78, 5) is 11.1. The summed E-state index contributed by atoms with van der Waals surface area (Å²) in [6.45, 7) is 1.51. The molecule has 1 atom stereocenters. The van der Waals surface area contributed by atoms with Crippen molar-refractivity contribution in [2.24, 2.45) is 0 Å². The summed E-state index contributed by atoms with van der Waals surface area (Å²) in [7, 11) is 0. The van der Waals surface area contributed by atoms with Crippen molar-refractivity contribution in [3.63, 3.8) is 0 Å². The van der Waals surface area contributed by atoms with Crippen molar-refractivity contribution in [3.8, 4) is 5.75 Å². The molecule has 0 aliphatic heterocycles. The minimum absolute atomic E-state index is 0.467. The lowest BCUT2D eigenvalue weighted by molar-refractivity contribution is -0.138. The van der Waals surface area contributed by atoms with Crippen LogP contribution in [0.4, 0.5) is 0 Å². The highest BCUT2D eigenvalue weighted by molar-refractivity contribution is 5.77. The molecule has 2 N–H and O–H groups in total. The lowest BCUT2D eigenvalue weighted by Crippen LogP contribution is -2.34. The fourth-order valence-corrected chi connectivity index (χ4v) is 0.746. The number of ether oxygens (including phenoxy) is 1. The molecule has 0 aliphatic rings. The van der Waals surface area contributed by atoms with E-state index in [-0.39, 0.29) is 0 Å². The molecule has 1 unspecified atom stereocenters. The number of para-hydroxylation sites is 1. The van der Waals surface area contributed by atoms with Crippen LogP contribution in [0.2, 0.25) is 0 Å². The summed E-state index contributed by atoms with van der Waals surface area (Å²) in [5.41, 5.74) is 1.81. The van der Waals surface area contributed by atoms with Crippen molar-refractivity contribution in [2.45, 2.75) is 13.0 Å². The second kappa shape index (κ2) is 4.59. The van der Waals surface area contributed by atoms with E-state index in [1.807, 2.05) is 11.5 Å². The van der Waals surface area contributed by atoms with Crippen LogP contribution < -0.4 is 10.2 Å². The van der Waals surface area contributed by atoms with E-state index in [1.54, 1.807) is 24.3 Å². The van der Waals surface area contributed by atoms with Gasteiger partial charge in [-0.1, -0.05) is 18.2 Å². The van der Waals surface area contributed by atoms with E-state index in [2.05, 4.69) is 0 Å². The Morgan fingerprint density at radius 3 is 2.62 bits per heavy atom. The van der Waals surface area contributed by atoms with Gasteiger partial charge in [0.25, 0.3) is 0 Å². The monoisotopic (exact) mass is 181 g/mol. The van der Waals surface area contributed by atoms with Gasteiger partial charge in [-0.2, -0.15) is 5.48 Å². The maximum absolute atomic E-state index is 11.1. The van der Waals surface area contributed by atoms with Crippen molar-refractivity contribution in [3.05, 3.63) is 30.3 Å². The molecule has 0 spiro atoms. The summed E-state index contributed by atoms with van der Waals surface area (Å²) >= 11 is 0. The largest absolute Gasteiger partial charge is 0.425 e. The highest BCUT2D eigenvalue weighted by Crippen LogP contribution is 2.08.